The van der Waals surface area contributed by atoms with Gasteiger partial charge in [0.25, 0.3) is 0 Å². The molecular formula is C21H25N3O3. The fraction of sp³-hybridized carbons (Fsp3) is 0.429. The van der Waals surface area contributed by atoms with Crippen LogP contribution in [0.1, 0.15) is 36.6 Å². The van der Waals surface area contributed by atoms with Crippen LogP contribution in [-0.2, 0) is 11.3 Å². The van der Waals surface area contributed by atoms with Gasteiger partial charge in [0, 0.05) is 12.6 Å². The molecule has 0 aliphatic carbocycles. The van der Waals surface area contributed by atoms with Crippen LogP contribution < -0.4 is 4.74 Å². The van der Waals surface area contributed by atoms with Crippen molar-refractivity contribution in [3.63, 3.8) is 0 Å². The Balaban J connectivity index is 1.68. The predicted octanol–water partition coefficient (Wildman–Crippen LogP) is 3.37. The molecule has 6 heteroatoms. The highest BCUT2D eigenvalue weighted by Gasteiger charge is 2.29. The van der Waals surface area contributed by atoms with Crippen molar-refractivity contribution in [2.24, 2.45) is 0 Å². The number of rotatable bonds is 8. The lowest BCUT2D eigenvalue weighted by molar-refractivity contribution is -0.133. The molecule has 1 aliphatic rings. The second-order valence-electron chi connectivity index (χ2n) is 6.71. The quantitative estimate of drug-likeness (QED) is 0.715. The van der Waals surface area contributed by atoms with Gasteiger partial charge in [0.05, 0.1) is 39.0 Å². The minimum Gasteiger partial charge on any atom is -0.497 e. The van der Waals surface area contributed by atoms with Crippen molar-refractivity contribution in [1.82, 2.24) is 9.80 Å². The number of carbonyl (C=O) groups is 1. The second kappa shape index (κ2) is 9.24. The van der Waals surface area contributed by atoms with Gasteiger partial charge in [-0.25, -0.2) is 0 Å². The average molecular weight is 367 g/mol. The van der Waals surface area contributed by atoms with E-state index in [0.717, 1.165) is 30.9 Å². The minimum absolute atomic E-state index is 0.0245. The molecule has 3 rings (SSSR count). The first kappa shape index (κ1) is 19.0. The fourth-order valence-corrected chi connectivity index (χ4v) is 3.58. The Labute approximate surface area is 159 Å². The van der Waals surface area contributed by atoms with Crippen LogP contribution in [0.25, 0.3) is 0 Å². The molecule has 0 N–H and O–H groups in total. The van der Waals surface area contributed by atoms with Crippen LogP contribution in [0.4, 0.5) is 0 Å². The SMILES string of the molecule is COc1cccc(C2CCCN2CC(=O)N(CCC#N)Cc2ccco2)c1. The van der Waals surface area contributed by atoms with Gasteiger partial charge in [-0.15, -0.1) is 0 Å². The van der Waals surface area contributed by atoms with E-state index in [2.05, 4.69) is 17.0 Å². The molecule has 1 aromatic heterocycles. The van der Waals surface area contributed by atoms with Crippen molar-refractivity contribution in [3.05, 3.63) is 54.0 Å². The summed E-state index contributed by atoms with van der Waals surface area (Å²) >= 11 is 0. The van der Waals surface area contributed by atoms with Crippen LogP contribution in [0.15, 0.2) is 47.1 Å². The molecule has 1 aliphatic heterocycles. The largest absolute Gasteiger partial charge is 0.497 e. The Hall–Kier alpha value is -2.78. The van der Waals surface area contributed by atoms with Crippen molar-refractivity contribution in [3.8, 4) is 11.8 Å². The van der Waals surface area contributed by atoms with Gasteiger partial charge in [-0.3, -0.25) is 9.69 Å². The molecule has 0 radical (unpaired) electrons. The highest BCUT2D eigenvalue weighted by atomic mass is 16.5. The zero-order chi connectivity index (χ0) is 19.1. The number of nitrogens with zero attached hydrogens (tertiary/aromatic N) is 3. The number of ether oxygens (including phenoxy) is 1. The standard InChI is InChI=1S/C21H25N3O3/c1-26-18-7-2-6-17(14-18)20-9-3-11-23(20)16-21(25)24(12-5-10-22)15-19-8-4-13-27-19/h2,4,6-8,13-14,20H,3,5,9,11-12,15-16H2,1H3. The summed E-state index contributed by atoms with van der Waals surface area (Å²) in [5, 5.41) is 8.91. The molecule has 142 valence electrons. The fourth-order valence-electron chi connectivity index (χ4n) is 3.58. The average Bonchev–Trinajstić information content (AvgIpc) is 3.37. The molecule has 2 heterocycles. The van der Waals surface area contributed by atoms with Crippen LogP contribution in [0.3, 0.4) is 0 Å². The van der Waals surface area contributed by atoms with Gasteiger partial charge in [-0.2, -0.15) is 5.26 Å². The van der Waals surface area contributed by atoms with Crippen molar-refractivity contribution in [2.45, 2.75) is 31.8 Å². The summed E-state index contributed by atoms with van der Waals surface area (Å²) in [6.45, 7) is 2.04. The third-order valence-electron chi connectivity index (χ3n) is 4.95. The number of carbonyl (C=O) groups excluding carboxylic acids is 1. The predicted molar refractivity (Wildman–Crippen MR) is 101 cm³/mol. The molecule has 0 saturated carbocycles. The zero-order valence-electron chi connectivity index (χ0n) is 15.6. The Morgan fingerprint density at radius 2 is 2.30 bits per heavy atom. The van der Waals surface area contributed by atoms with Gasteiger partial charge >= 0.3 is 0 Å². The molecule has 27 heavy (non-hydrogen) atoms. The summed E-state index contributed by atoms with van der Waals surface area (Å²) in [6.07, 6.45) is 4.00. The summed E-state index contributed by atoms with van der Waals surface area (Å²) in [5.74, 6) is 1.59. The van der Waals surface area contributed by atoms with Crippen molar-refractivity contribution < 1.29 is 13.9 Å². The Kier molecular flexibility index (Phi) is 6.50. The topological polar surface area (TPSA) is 69.7 Å². The summed E-state index contributed by atoms with van der Waals surface area (Å²) in [7, 11) is 1.66. The third kappa shape index (κ3) is 4.89. The van der Waals surface area contributed by atoms with Gasteiger partial charge in [-0.1, -0.05) is 12.1 Å². The maximum absolute atomic E-state index is 12.9. The monoisotopic (exact) mass is 367 g/mol. The Morgan fingerprint density at radius 3 is 3.04 bits per heavy atom. The Bertz CT molecular complexity index is 782. The van der Waals surface area contributed by atoms with Crippen molar-refractivity contribution in [1.29, 1.82) is 5.26 Å². The van der Waals surface area contributed by atoms with E-state index < -0.39 is 0 Å². The molecule has 0 bridgehead atoms. The van der Waals surface area contributed by atoms with Crippen LogP contribution in [0.5, 0.6) is 5.75 Å². The van der Waals surface area contributed by atoms with E-state index in [1.165, 1.54) is 5.56 Å². The maximum atomic E-state index is 12.9. The lowest BCUT2D eigenvalue weighted by Gasteiger charge is -2.28. The lowest BCUT2D eigenvalue weighted by atomic mass is 10.0. The number of amides is 1. The minimum atomic E-state index is 0.0245. The second-order valence-corrected chi connectivity index (χ2v) is 6.71. The van der Waals surface area contributed by atoms with E-state index in [1.54, 1.807) is 18.3 Å². The molecule has 1 amide bonds. The van der Waals surface area contributed by atoms with Crippen LogP contribution >= 0.6 is 0 Å². The van der Waals surface area contributed by atoms with Crippen molar-refractivity contribution >= 4 is 5.91 Å². The lowest BCUT2D eigenvalue weighted by Crippen LogP contribution is -2.40. The summed E-state index contributed by atoms with van der Waals surface area (Å²) in [4.78, 5) is 16.9. The molecule has 1 saturated heterocycles. The molecule has 1 unspecified atom stereocenters. The normalized spacial score (nSPS) is 16.8. The number of hydrogen-bond acceptors (Lipinski definition) is 5. The van der Waals surface area contributed by atoms with E-state index in [0.29, 0.717) is 26.1 Å². The number of nitriles is 1. The van der Waals surface area contributed by atoms with Crippen LogP contribution in [0.2, 0.25) is 0 Å². The summed E-state index contributed by atoms with van der Waals surface area (Å²) in [6, 6.07) is 14.0. The van der Waals surface area contributed by atoms with Gasteiger partial charge in [0.1, 0.15) is 11.5 Å². The van der Waals surface area contributed by atoms with E-state index in [4.69, 9.17) is 14.4 Å². The third-order valence-corrected chi connectivity index (χ3v) is 4.95. The first-order valence-corrected chi connectivity index (χ1v) is 9.26. The van der Waals surface area contributed by atoms with Crippen LogP contribution in [-0.4, -0.2) is 42.5 Å². The highest BCUT2D eigenvalue weighted by molar-refractivity contribution is 5.78. The van der Waals surface area contributed by atoms with E-state index in [9.17, 15) is 4.79 Å². The highest BCUT2D eigenvalue weighted by Crippen LogP contribution is 2.33. The van der Waals surface area contributed by atoms with Gasteiger partial charge in [0.15, 0.2) is 0 Å². The van der Waals surface area contributed by atoms with Crippen LogP contribution in [0, 0.1) is 11.3 Å². The number of furan rings is 1. The number of benzene rings is 1. The summed E-state index contributed by atoms with van der Waals surface area (Å²) < 4.78 is 10.7. The van der Waals surface area contributed by atoms with Gasteiger partial charge in [-0.05, 0) is 49.2 Å². The number of likely N-dealkylation sites (tertiary alicyclic amines) is 1. The smallest absolute Gasteiger partial charge is 0.237 e. The van der Waals surface area contributed by atoms with E-state index in [-0.39, 0.29) is 11.9 Å². The van der Waals surface area contributed by atoms with Gasteiger partial charge in [0.2, 0.25) is 5.91 Å². The molecule has 1 fully saturated rings. The molecule has 1 aromatic carbocycles. The van der Waals surface area contributed by atoms with Gasteiger partial charge < -0.3 is 14.1 Å². The molecule has 2 aromatic rings. The van der Waals surface area contributed by atoms with Crippen molar-refractivity contribution in [2.75, 3.05) is 26.7 Å². The van der Waals surface area contributed by atoms with E-state index in [1.807, 2.05) is 30.3 Å². The molecule has 1 atom stereocenters. The number of methoxy groups -OCH3 is 1. The Morgan fingerprint density at radius 1 is 1.41 bits per heavy atom. The molecule has 0 spiro atoms. The first-order valence-electron chi connectivity index (χ1n) is 9.26. The number of hydrogen-bond donors (Lipinski definition) is 0. The first-order chi connectivity index (χ1) is 13.2. The molecule has 6 nitrogen and oxygen atoms in total. The maximum Gasteiger partial charge on any atom is 0.237 e. The summed E-state index contributed by atoms with van der Waals surface area (Å²) in [5.41, 5.74) is 1.18. The van der Waals surface area contributed by atoms with E-state index >= 15 is 0 Å². The molecular weight excluding hydrogens is 342 g/mol. The zero-order valence-corrected chi connectivity index (χ0v) is 15.6.